The zero-order valence-electron chi connectivity index (χ0n) is 22.0. The first-order chi connectivity index (χ1) is 15.4. The quantitative estimate of drug-likeness (QED) is 0.451. The number of rotatable bonds is 5. The molecule has 1 heteroatoms. The highest BCUT2D eigenvalue weighted by molar-refractivity contribution is 5.09. The molecular weight excluding hydrogens is 388 g/mol. The second-order valence-electron chi connectivity index (χ2n) is 14.1. The van der Waals surface area contributed by atoms with E-state index in [0.29, 0.717) is 10.8 Å². The van der Waals surface area contributed by atoms with Crippen LogP contribution >= 0.6 is 0 Å². The summed E-state index contributed by atoms with van der Waals surface area (Å²) in [5, 5.41) is 10.3. The Morgan fingerprint density at radius 1 is 0.812 bits per heavy atom. The van der Waals surface area contributed by atoms with Gasteiger partial charge in [-0.15, -0.1) is 0 Å². The van der Waals surface area contributed by atoms with Crippen LogP contribution in [-0.4, -0.2) is 11.2 Å². The van der Waals surface area contributed by atoms with E-state index in [-0.39, 0.29) is 6.10 Å². The monoisotopic (exact) mass is 442 g/mol. The second kappa shape index (κ2) is 9.20. The molecule has 0 aromatic rings. The molecule has 5 aliphatic rings. The molecule has 11 atom stereocenters. The maximum Gasteiger partial charge on any atom is 0.0543 e. The van der Waals surface area contributed by atoms with Gasteiger partial charge >= 0.3 is 0 Å². The summed E-state index contributed by atoms with van der Waals surface area (Å²) in [7, 11) is 0. The molecule has 32 heavy (non-hydrogen) atoms. The van der Waals surface area contributed by atoms with Gasteiger partial charge in [-0.1, -0.05) is 66.2 Å². The van der Waals surface area contributed by atoms with E-state index in [1.54, 1.807) is 0 Å². The van der Waals surface area contributed by atoms with Crippen molar-refractivity contribution in [2.45, 2.75) is 137 Å². The lowest BCUT2D eigenvalue weighted by Crippen LogP contribution is -2.54. The minimum Gasteiger partial charge on any atom is -0.393 e. The summed E-state index contributed by atoms with van der Waals surface area (Å²) in [5.41, 5.74) is 1.15. The minimum absolute atomic E-state index is 0.00772. The molecule has 5 saturated carbocycles. The molecule has 1 N–H and O–H groups in total. The maximum atomic E-state index is 10.3. The molecule has 0 heterocycles. The number of aliphatic hydroxyl groups excluding tert-OH is 1. The molecule has 0 saturated heterocycles. The van der Waals surface area contributed by atoms with Crippen molar-refractivity contribution < 1.29 is 5.11 Å². The van der Waals surface area contributed by atoms with Crippen LogP contribution in [0.3, 0.4) is 0 Å². The SMILES string of the molecule is CCC1CCCCC1CC[C@@H](C)[C@H]1CC[C@H]2[C@@H]3CCC4C[C@@H](O)CC[C@]4(C)[C@H]3CC[C@]12C. The van der Waals surface area contributed by atoms with Crippen LogP contribution in [-0.2, 0) is 0 Å². The van der Waals surface area contributed by atoms with E-state index >= 15 is 0 Å². The van der Waals surface area contributed by atoms with Gasteiger partial charge in [0.05, 0.1) is 6.10 Å². The van der Waals surface area contributed by atoms with Crippen molar-refractivity contribution in [2.75, 3.05) is 0 Å². The third kappa shape index (κ3) is 3.93. The lowest BCUT2D eigenvalue weighted by Gasteiger charge is -2.61. The molecular formula is C31H54O. The molecule has 0 aromatic carbocycles. The lowest BCUT2D eigenvalue weighted by molar-refractivity contribution is -0.129. The Hall–Kier alpha value is -0.0400. The maximum absolute atomic E-state index is 10.3. The highest BCUT2D eigenvalue weighted by atomic mass is 16.3. The van der Waals surface area contributed by atoms with E-state index in [1.165, 1.54) is 89.9 Å². The van der Waals surface area contributed by atoms with E-state index in [0.717, 1.165) is 60.2 Å². The molecule has 0 aromatic heterocycles. The van der Waals surface area contributed by atoms with Crippen molar-refractivity contribution in [3.8, 4) is 0 Å². The first-order valence-corrected chi connectivity index (χ1v) is 15.0. The zero-order chi connectivity index (χ0) is 22.5. The fraction of sp³-hybridized carbons (Fsp3) is 1.00. The third-order valence-electron chi connectivity index (χ3n) is 13.0. The summed E-state index contributed by atoms with van der Waals surface area (Å²) in [6, 6.07) is 0. The molecule has 0 bridgehead atoms. The van der Waals surface area contributed by atoms with Gasteiger partial charge in [-0.3, -0.25) is 0 Å². The standard InChI is InChI=1S/C31H54O/c1-5-22-8-6-7-9-23(22)11-10-21(2)27-14-15-28-26-13-12-24-20-25(32)16-18-30(24,3)29(26)17-19-31(27,28)4/h21-29,32H,5-20H2,1-4H3/t21-,22?,23?,24?,25+,26+,27-,28+,29+,30+,31-/m1/s1. The van der Waals surface area contributed by atoms with Gasteiger partial charge in [0, 0.05) is 0 Å². The van der Waals surface area contributed by atoms with Gasteiger partial charge in [0.15, 0.2) is 0 Å². The Bertz CT molecular complexity index is 642. The van der Waals surface area contributed by atoms with Gasteiger partial charge in [-0.05, 0) is 122 Å². The highest BCUT2D eigenvalue weighted by Crippen LogP contribution is 2.68. The van der Waals surface area contributed by atoms with Crippen LogP contribution in [0.1, 0.15) is 130 Å². The highest BCUT2D eigenvalue weighted by Gasteiger charge is 2.60. The Morgan fingerprint density at radius 3 is 2.31 bits per heavy atom. The average Bonchev–Trinajstić information content (AvgIpc) is 3.15. The summed E-state index contributed by atoms with van der Waals surface area (Å²) in [6.07, 6.45) is 22.8. The van der Waals surface area contributed by atoms with E-state index in [9.17, 15) is 5.11 Å². The molecule has 3 unspecified atom stereocenters. The Balaban J connectivity index is 1.25. The number of aliphatic hydroxyl groups is 1. The van der Waals surface area contributed by atoms with Crippen LogP contribution in [0, 0.1) is 58.2 Å². The second-order valence-corrected chi connectivity index (χ2v) is 14.1. The molecule has 5 fully saturated rings. The summed E-state index contributed by atoms with van der Waals surface area (Å²) in [5.74, 6) is 7.72. The predicted molar refractivity (Wildman–Crippen MR) is 135 cm³/mol. The first kappa shape index (κ1) is 23.7. The van der Waals surface area contributed by atoms with Crippen molar-refractivity contribution >= 4 is 0 Å². The molecule has 0 radical (unpaired) electrons. The van der Waals surface area contributed by atoms with Gasteiger partial charge in [-0.25, -0.2) is 0 Å². The average molecular weight is 443 g/mol. The van der Waals surface area contributed by atoms with Gasteiger partial charge < -0.3 is 5.11 Å². The largest absolute Gasteiger partial charge is 0.393 e. The molecule has 5 aliphatic carbocycles. The minimum atomic E-state index is -0.00772. The van der Waals surface area contributed by atoms with Crippen molar-refractivity contribution in [2.24, 2.45) is 58.2 Å². The van der Waals surface area contributed by atoms with Crippen LogP contribution < -0.4 is 0 Å². The summed E-state index contributed by atoms with van der Waals surface area (Å²) in [4.78, 5) is 0. The summed E-state index contributed by atoms with van der Waals surface area (Å²) in [6.45, 7) is 10.5. The molecule has 0 spiro atoms. The van der Waals surface area contributed by atoms with Crippen LogP contribution in [0.4, 0.5) is 0 Å². The van der Waals surface area contributed by atoms with Gasteiger partial charge in [0.25, 0.3) is 0 Å². The number of hydrogen-bond donors (Lipinski definition) is 1. The smallest absolute Gasteiger partial charge is 0.0543 e. The Labute approximate surface area is 199 Å². The fourth-order valence-electron chi connectivity index (χ4n) is 11.1. The predicted octanol–water partition coefficient (Wildman–Crippen LogP) is 8.64. The van der Waals surface area contributed by atoms with Crippen molar-refractivity contribution in [1.29, 1.82) is 0 Å². The van der Waals surface area contributed by atoms with Crippen LogP contribution in [0.15, 0.2) is 0 Å². The Kier molecular flexibility index (Phi) is 6.81. The van der Waals surface area contributed by atoms with Crippen molar-refractivity contribution in [3.63, 3.8) is 0 Å². The van der Waals surface area contributed by atoms with Crippen LogP contribution in [0.2, 0.25) is 0 Å². The number of hydrogen-bond acceptors (Lipinski definition) is 1. The van der Waals surface area contributed by atoms with E-state index < -0.39 is 0 Å². The molecule has 1 nitrogen and oxygen atoms in total. The van der Waals surface area contributed by atoms with E-state index in [1.807, 2.05) is 0 Å². The van der Waals surface area contributed by atoms with Crippen molar-refractivity contribution in [1.82, 2.24) is 0 Å². The normalized spacial score (nSPS) is 52.0. The first-order valence-electron chi connectivity index (χ1n) is 15.0. The number of fused-ring (bicyclic) bond motifs is 5. The van der Waals surface area contributed by atoms with Gasteiger partial charge in [0.2, 0.25) is 0 Å². The molecule has 5 rings (SSSR count). The van der Waals surface area contributed by atoms with Crippen LogP contribution in [0.25, 0.3) is 0 Å². The lowest BCUT2D eigenvalue weighted by atomic mass is 9.44. The van der Waals surface area contributed by atoms with E-state index in [2.05, 4.69) is 27.7 Å². The van der Waals surface area contributed by atoms with Gasteiger partial charge in [-0.2, -0.15) is 0 Å². The Morgan fingerprint density at radius 2 is 1.53 bits per heavy atom. The molecule has 0 aliphatic heterocycles. The zero-order valence-corrected chi connectivity index (χ0v) is 22.0. The topological polar surface area (TPSA) is 20.2 Å². The van der Waals surface area contributed by atoms with Crippen molar-refractivity contribution in [3.05, 3.63) is 0 Å². The van der Waals surface area contributed by atoms with E-state index in [4.69, 9.17) is 0 Å². The summed E-state index contributed by atoms with van der Waals surface area (Å²) < 4.78 is 0. The summed E-state index contributed by atoms with van der Waals surface area (Å²) >= 11 is 0. The van der Waals surface area contributed by atoms with Gasteiger partial charge in [0.1, 0.15) is 0 Å². The van der Waals surface area contributed by atoms with Crippen LogP contribution in [0.5, 0.6) is 0 Å². The molecule has 0 amide bonds. The fourth-order valence-corrected chi connectivity index (χ4v) is 11.1. The third-order valence-corrected chi connectivity index (χ3v) is 13.0. The molecule has 184 valence electrons.